The molecule has 9 heteroatoms. The highest BCUT2D eigenvalue weighted by Crippen LogP contribution is 2.32. The van der Waals surface area contributed by atoms with Gasteiger partial charge in [0.1, 0.15) is 0 Å². The number of amides is 1. The molecule has 0 spiro atoms. The number of sulfonamides is 1. The molecule has 1 aromatic carbocycles. The van der Waals surface area contributed by atoms with Crippen LogP contribution < -0.4 is 10.0 Å². The molecule has 0 saturated carbocycles. The SMILES string of the molecule is NS(=O)(=O)CC1CC(=O)N(c2cc(C(=O)O)ccc2Br)C1. The van der Waals surface area contributed by atoms with Crippen LogP contribution in [0.1, 0.15) is 16.8 Å². The molecule has 0 aliphatic carbocycles. The molecule has 1 amide bonds. The fourth-order valence-corrected chi connectivity index (χ4v) is 3.65. The maximum absolute atomic E-state index is 12.0. The summed E-state index contributed by atoms with van der Waals surface area (Å²) < 4.78 is 22.8. The molecular formula is C12H13BrN2O5S. The van der Waals surface area contributed by atoms with Crippen LogP contribution in [0.25, 0.3) is 0 Å². The molecule has 1 heterocycles. The third-order valence-corrected chi connectivity index (χ3v) is 4.76. The van der Waals surface area contributed by atoms with Gasteiger partial charge in [-0.1, -0.05) is 0 Å². The number of aromatic carboxylic acids is 1. The molecule has 0 bridgehead atoms. The van der Waals surface area contributed by atoms with E-state index in [9.17, 15) is 18.0 Å². The molecule has 1 unspecified atom stereocenters. The lowest BCUT2D eigenvalue weighted by molar-refractivity contribution is -0.117. The first-order valence-corrected chi connectivity index (χ1v) is 8.52. The quantitative estimate of drug-likeness (QED) is 0.804. The van der Waals surface area contributed by atoms with Crippen LogP contribution in [0.5, 0.6) is 0 Å². The number of halogens is 1. The van der Waals surface area contributed by atoms with Crippen LogP contribution in [-0.4, -0.2) is 37.7 Å². The average molecular weight is 377 g/mol. The van der Waals surface area contributed by atoms with E-state index in [2.05, 4.69) is 15.9 Å². The van der Waals surface area contributed by atoms with Crippen molar-refractivity contribution in [3.8, 4) is 0 Å². The van der Waals surface area contributed by atoms with Gasteiger partial charge in [0.25, 0.3) is 0 Å². The zero-order valence-electron chi connectivity index (χ0n) is 10.8. The van der Waals surface area contributed by atoms with Crippen LogP contribution in [0.15, 0.2) is 22.7 Å². The second-order valence-corrected chi connectivity index (χ2v) is 7.39. The molecule has 1 atom stereocenters. The first-order chi connectivity index (χ1) is 9.67. The molecule has 3 N–H and O–H groups in total. The normalized spacial score (nSPS) is 19.0. The van der Waals surface area contributed by atoms with Gasteiger partial charge >= 0.3 is 5.97 Å². The van der Waals surface area contributed by atoms with Crippen LogP contribution >= 0.6 is 15.9 Å². The Morgan fingerprint density at radius 3 is 2.71 bits per heavy atom. The minimum absolute atomic E-state index is 0.0518. The topological polar surface area (TPSA) is 118 Å². The van der Waals surface area contributed by atoms with Crippen molar-refractivity contribution >= 4 is 43.5 Å². The second kappa shape index (κ2) is 5.74. The minimum atomic E-state index is -3.65. The maximum atomic E-state index is 12.0. The van der Waals surface area contributed by atoms with Crippen molar-refractivity contribution in [1.29, 1.82) is 0 Å². The van der Waals surface area contributed by atoms with Crippen LogP contribution in [0.2, 0.25) is 0 Å². The van der Waals surface area contributed by atoms with E-state index in [4.69, 9.17) is 10.2 Å². The first kappa shape index (κ1) is 15.9. The highest BCUT2D eigenvalue weighted by molar-refractivity contribution is 9.10. The summed E-state index contributed by atoms with van der Waals surface area (Å²) in [7, 11) is -3.65. The summed E-state index contributed by atoms with van der Waals surface area (Å²) in [5.41, 5.74) is 0.465. The first-order valence-electron chi connectivity index (χ1n) is 6.01. The number of rotatable bonds is 4. The summed E-state index contributed by atoms with van der Waals surface area (Å²) in [4.78, 5) is 24.4. The molecule has 1 aliphatic rings. The monoisotopic (exact) mass is 376 g/mol. The van der Waals surface area contributed by atoms with Crippen molar-refractivity contribution in [2.75, 3.05) is 17.2 Å². The van der Waals surface area contributed by atoms with Crippen molar-refractivity contribution < 1.29 is 23.1 Å². The van der Waals surface area contributed by atoms with E-state index in [1.807, 2.05) is 0 Å². The number of carbonyl (C=O) groups excluding carboxylic acids is 1. The van der Waals surface area contributed by atoms with Crippen LogP contribution in [0.4, 0.5) is 5.69 Å². The van der Waals surface area contributed by atoms with E-state index in [-0.39, 0.29) is 30.2 Å². The third-order valence-electron chi connectivity index (χ3n) is 3.16. The molecule has 114 valence electrons. The molecule has 0 aromatic heterocycles. The predicted molar refractivity (Wildman–Crippen MR) is 79.5 cm³/mol. The summed E-state index contributed by atoms with van der Waals surface area (Å²) in [5, 5.41) is 14.0. The summed E-state index contributed by atoms with van der Waals surface area (Å²) in [5.74, 6) is -2.03. The number of hydrogen-bond acceptors (Lipinski definition) is 4. The van der Waals surface area contributed by atoms with Gasteiger partial charge in [0.05, 0.1) is 17.0 Å². The smallest absolute Gasteiger partial charge is 0.335 e. The largest absolute Gasteiger partial charge is 0.478 e. The molecule has 1 aliphatic heterocycles. The van der Waals surface area contributed by atoms with Crippen LogP contribution in [0.3, 0.4) is 0 Å². The Morgan fingerprint density at radius 2 is 2.14 bits per heavy atom. The molecule has 2 rings (SSSR count). The van der Waals surface area contributed by atoms with E-state index >= 15 is 0 Å². The number of nitrogens with two attached hydrogens (primary N) is 1. The lowest BCUT2D eigenvalue weighted by Gasteiger charge is -2.18. The zero-order chi connectivity index (χ0) is 15.8. The van der Waals surface area contributed by atoms with Gasteiger partial charge in [0, 0.05) is 23.4 Å². The van der Waals surface area contributed by atoms with E-state index < -0.39 is 21.9 Å². The molecular weight excluding hydrogens is 364 g/mol. The summed E-state index contributed by atoms with van der Waals surface area (Å²) in [6.45, 7) is 0.191. The number of nitrogens with zero attached hydrogens (tertiary/aromatic N) is 1. The van der Waals surface area contributed by atoms with Gasteiger partial charge in [0.2, 0.25) is 15.9 Å². The number of primary sulfonamides is 1. The highest BCUT2D eigenvalue weighted by atomic mass is 79.9. The number of hydrogen-bond donors (Lipinski definition) is 2. The summed E-state index contributed by atoms with van der Waals surface area (Å²) in [6.07, 6.45) is 0.0696. The van der Waals surface area contributed by atoms with E-state index in [1.54, 1.807) is 6.07 Å². The predicted octanol–water partition coefficient (Wildman–Crippen LogP) is 0.789. The number of benzene rings is 1. The standard InChI is InChI=1S/C12H13BrN2O5S/c13-9-2-1-8(12(17)18)4-10(9)15-5-7(3-11(15)16)6-21(14,19)20/h1-2,4,7H,3,5-6H2,(H,17,18)(H2,14,19,20). The van der Waals surface area contributed by atoms with Crippen molar-refractivity contribution in [1.82, 2.24) is 0 Å². The lowest BCUT2D eigenvalue weighted by atomic mass is 10.1. The van der Waals surface area contributed by atoms with Crippen LogP contribution in [0, 0.1) is 5.92 Å². The molecule has 1 aromatic rings. The van der Waals surface area contributed by atoms with Crippen molar-refractivity contribution in [3.63, 3.8) is 0 Å². The van der Waals surface area contributed by atoms with Crippen molar-refractivity contribution in [3.05, 3.63) is 28.2 Å². The van der Waals surface area contributed by atoms with E-state index in [0.29, 0.717) is 10.2 Å². The average Bonchev–Trinajstić information content (AvgIpc) is 2.67. The van der Waals surface area contributed by atoms with Gasteiger partial charge in [-0.2, -0.15) is 0 Å². The van der Waals surface area contributed by atoms with Crippen LogP contribution in [-0.2, 0) is 14.8 Å². The highest BCUT2D eigenvalue weighted by Gasteiger charge is 2.33. The molecule has 0 radical (unpaired) electrons. The Labute approximate surface area is 129 Å². The fourth-order valence-electron chi connectivity index (χ4n) is 2.31. The van der Waals surface area contributed by atoms with Crippen molar-refractivity contribution in [2.24, 2.45) is 11.1 Å². The molecule has 1 saturated heterocycles. The number of anilines is 1. The van der Waals surface area contributed by atoms with E-state index in [1.165, 1.54) is 17.0 Å². The molecule has 7 nitrogen and oxygen atoms in total. The summed E-state index contributed by atoms with van der Waals surface area (Å²) >= 11 is 3.27. The number of carboxylic acid groups (broad SMARTS) is 1. The molecule has 1 fully saturated rings. The Morgan fingerprint density at radius 1 is 1.48 bits per heavy atom. The zero-order valence-corrected chi connectivity index (χ0v) is 13.2. The Balaban J connectivity index is 2.28. The van der Waals surface area contributed by atoms with Gasteiger partial charge in [-0.25, -0.2) is 18.4 Å². The van der Waals surface area contributed by atoms with E-state index in [0.717, 1.165) is 0 Å². The number of carboxylic acids is 1. The maximum Gasteiger partial charge on any atom is 0.335 e. The Hall–Kier alpha value is -1.45. The van der Waals surface area contributed by atoms with Gasteiger partial charge in [0.15, 0.2) is 0 Å². The second-order valence-electron chi connectivity index (χ2n) is 4.88. The molecule has 21 heavy (non-hydrogen) atoms. The fraction of sp³-hybridized carbons (Fsp3) is 0.333. The van der Waals surface area contributed by atoms with Gasteiger partial charge < -0.3 is 10.0 Å². The Kier molecular flexibility index (Phi) is 4.35. The van der Waals surface area contributed by atoms with Gasteiger partial charge in [-0.05, 0) is 34.1 Å². The third kappa shape index (κ3) is 3.80. The van der Waals surface area contributed by atoms with Gasteiger partial charge in [-0.3, -0.25) is 4.79 Å². The minimum Gasteiger partial charge on any atom is -0.478 e. The van der Waals surface area contributed by atoms with Crippen molar-refractivity contribution in [2.45, 2.75) is 6.42 Å². The lowest BCUT2D eigenvalue weighted by Crippen LogP contribution is -2.27. The summed E-state index contributed by atoms with van der Waals surface area (Å²) in [6, 6.07) is 4.33. The Bertz CT molecular complexity index is 704. The number of carbonyl (C=O) groups is 2. The van der Waals surface area contributed by atoms with Gasteiger partial charge in [-0.15, -0.1) is 0 Å².